The van der Waals surface area contributed by atoms with Crippen molar-refractivity contribution in [3.05, 3.63) is 156 Å². The molecule has 0 saturated carbocycles. The van der Waals surface area contributed by atoms with Gasteiger partial charge in [-0.15, -0.1) is 0 Å². The molecule has 0 fully saturated rings. The Kier molecular flexibility index (Phi) is 5.11. The van der Waals surface area contributed by atoms with Gasteiger partial charge in [0.2, 0.25) is 0 Å². The van der Waals surface area contributed by atoms with E-state index in [1.165, 1.54) is 60.5 Å². The third-order valence-corrected chi connectivity index (χ3v) is 8.44. The number of allylic oxidation sites excluding steroid dienone is 1. The lowest BCUT2D eigenvalue weighted by Gasteiger charge is -2.22. The van der Waals surface area contributed by atoms with Gasteiger partial charge in [-0.25, -0.2) is 0 Å². The number of phenolic OH excluding ortho intramolecular Hbond substituents is 1. The Morgan fingerprint density at radius 1 is 0.450 bits per heavy atom. The summed E-state index contributed by atoms with van der Waals surface area (Å²) in [7, 11) is 0. The average molecular weight is 511 g/mol. The van der Waals surface area contributed by atoms with Gasteiger partial charge in [0, 0.05) is 11.3 Å². The molecule has 1 heteroatoms. The fourth-order valence-electron chi connectivity index (χ4n) is 6.69. The molecule has 1 N–H and O–H groups in total. The summed E-state index contributed by atoms with van der Waals surface area (Å²) in [5, 5.41) is 18.0. The number of phenols is 1. The van der Waals surface area contributed by atoms with Crippen LogP contribution in [0.3, 0.4) is 0 Å². The van der Waals surface area contributed by atoms with Crippen molar-refractivity contribution in [2.24, 2.45) is 0 Å². The molecule has 0 bridgehead atoms. The van der Waals surface area contributed by atoms with Crippen molar-refractivity contribution in [3.8, 4) is 28.0 Å². The van der Waals surface area contributed by atoms with Gasteiger partial charge in [-0.05, 0) is 71.9 Å². The molecule has 1 nitrogen and oxygen atoms in total. The molecular weight excluding hydrogens is 484 g/mol. The summed E-state index contributed by atoms with van der Waals surface area (Å²) in [4.78, 5) is 0. The molecule has 1 aliphatic carbocycles. The fraction of sp³-hybridized carbons (Fsp3) is 0.0256. The van der Waals surface area contributed by atoms with Crippen molar-refractivity contribution >= 4 is 38.4 Å². The Labute approximate surface area is 233 Å². The van der Waals surface area contributed by atoms with Crippen LogP contribution in [0.1, 0.15) is 22.6 Å². The molecule has 188 valence electrons. The van der Waals surface area contributed by atoms with Gasteiger partial charge in [0.05, 0.1) is 0 Å². The van der Waals surface area contributed by atoms with Crippen LogP contribution in [0, 0.1) is 0 Å². The van der Waals surface area contributed by atoms with Crippen molar-refractivity contribution in [3.63, 3.8) is 0 Å². The first-order chi connectivity index (χ1) is 19.8. The second-order valence-corrected chi connectivity index (χ2v) is 10.6. The zero-order valence-electron chi connectivity index (χ0n) is 21.9. The minimum atomic E-state index is 0.0382. The van der Waals surface area contributed by atoms with Crippen molar-refractivity contribution in [2.75, 3.05) is 0 Å². The van der Waals surface area contributed by atoms with Crippen LogP contribution in [0.2, 0.25) is 0 Å². The summed E-state index contributed by atoms with van der Waals surface area (Å²) in [5.41, 5.74) is 8.57. The van der Waals surface area contributed by atoms with E-state index in [9.17, 15) is 5.11 Å². The van der Waals surface area contributed by atoms with E-state index in [4.69, 9.17) is 0 Å². The van der Waals surface area contributed by atoms with Crippen molar-refractivity contribution in [1.29, 1.82) is 0 Å². The monoisotopic (exact) mass is 510 g/mol. The Bertz CT molecular complexity index is 2040. The molecule has 0 amide bonds. The quantitative estimate of drug-likeness (QED) is 0.234. The van der Waals surface area contributed by atoms with Crippen LogP contribution in [-0.4, -0.2) is 5.11 Å². The molecule has 0 heterocycles. The second kappa shape index (κ2) is 8.97. The Morgan fingerprint density at radius 3 is 1.75 bits per heavy atom. The van der Waals surface area contributed by atoms with E-state index in [1.54, 1.807) is 6.07 Å². The molecule has 40 heavy (non-hydrogen) atoms. The normalized spacial score (nSPS) is 14.2. The first-order valence-corrected chi connectivity index (χ1v) is 13.8. The average Bonchev–Trinajstić information content (AvgIpc) is 3.44. The molecule has 0 spiro atoms. The molecule has 0 aliphatic heterocycles. The fourth-order valence-corrected chi connectivity index (χ4v) is 6.69. The van der Waals surface area contributed by atoms with E-state index >= 15 is 0 Å². The lowest BCUT2D eigenvalue weighted by Crippen LogP contribution is -2.01. The lowest BCUT2D eigenvalue weighted by atomic mass is 9.80. The molecule has 7 aromatic carbocycles. The highest BCUT2D eigenvalue weighted by Crippen LogP contribution is 2.49. The van der Waals surface area contributed by atoms with Crippen LogP contribution >= 0.6 is 0 Å². The van der Waals surface area contributed by atoms with Crippen molar-refractivity contribution < 1.29 is 5.11 Å². The van der Waals surface area contributed by atoms with Gasteiger partial charge >= 0.3 is 0 Å². The van der Waals surface area contributed by atoms with Crippen LogP contribution in [-0.2, 0) is 0 Å². The molecule has 1 atom stereocenters. The first-order valence-electron chi connectivity index (χ1n) is 13.8. The maximum Gasteiger partial charge on any atom is 0.123 e. The number of benzene rings is 7. The number of aromatic hydroxyl groups is 1. The highest BCUT2D eigenvalue weighted by atomic mass is 16.3. The van der Waals surface area contributed by atoms with E-state index in [2.05, 4.69) is 133 Å². The van der Waals surface area contributed by atoms with Gasteiger partial charge in [-0.2, -0.15) is 0 Å². The number of hydrogen-bond donors (Lipinski definition) is 1. The summed E-state index contributed by atoms with van der Waals surface area (Å²) >= 11 is 0. The first kappa shape index (κ1) is 22.8. The van der Waals surface area contributed by atoms with E-state index in [0.29, 0.717) is 5.75 Å². The smallest absolute Gasteiger partial charge is 0.123 e. The number of rotatable bonds is 3. The standard InChI is InChI=1S/C39H26O/c40-35-16-8-11-27-21-22-29-23-24-34(37(29)38(27)35)39-32-14-6-4-12-30(32)36(31-13-5-7-15-33(31)39)28-19-17-26(18-20-28)25-9-2-1-3-10-25/h1-24,34,40H. The third-order valence-electron chi connectivity index (χ3n) is 8.44. The molecule has 1 aliphatic rings. The summed E-state index contributed by atoms with van der Waals surface area (Å²) < 4.78 is 0. The van der Waals surface area contributed by atoms with Crippen molar-refractivity contribution in [1.82, 2.24) is 0 Å². The number of hydrogen-bond acceptors (Lipinski definition) is 1. The summed E-state index contributed by atoms with van der Waals surface area (Å²) in [6, 6.07) is 47.2. The maximum atomic E-state index is 11.0. The molecule has 1 unspecified atom stereocenters. The van der Waals surface area contributed by atoms with E-state index < -0.39 is 0 Å². The summed E-state index contributed by atoms with van der Waals surface area (Å²) in [5.74, 6) is 0.378. The van der Waals surface area contributed by atoms with Crippen LogP contribution in [0.25, 0.3) is 60.6 Å². The molecule has 8 rings (SSSR count). The second-order valence-electron chi connectivity index (χ2n) is 10.6. The predicted molar refractivity (Wildman–Crippen MR) is 169 cm³/mol. The molecule has 0 radical (unpaired) electrons. The van der Waals surface area contributed by atoms with Crippen LogP contribution in [0.15, 0.2) is 140 Å². The van der Waals surface area contributed by atoms with Gasteiger partial charge in [-0.1, -0.05) is 140 Å². The molecule has 0 aromatic heterocycles. The largest absolute Gasteiger partial charge is 0.507 e. The minimum absolute atomic E-state index is 0.0382. The molecule has 7 aromatic rings. The Morgan fingerprint density at radius 2 is 1.05 bits per heavy atom. The van der Waals surface area contributed by atoms with E-state index in [-0.39, 0.29) is 5.92 Å². The highest BCUT2D eigenvalue weighted by molar-refractivity contribution is 6.16. The lowest BCUT2D eigenvalue weighted by molar-refractivity contribution is 0.481. The summed E-state index contributed by atoms with van der Waals surface area (Å²) in [6.45, 7) is 0. The molecule has 0 saturated heterocycles. The topological polar surface area (TPSA) is 20.2 Å². The van der Waals surface area contributed by atoms with Gasteiger partial charge in [-0.3, -0.25) is 0 Å². The highest BCUT2D eigenvalue weighted by Gasteiger charge is 2.27. The van der Waals surface area contributed by atoms with Crippen LogP contribution in [0.4, 0.5) is 0 Å². The van der Waals surface area contributed by atoms with Crippen LogP contribution in [0.5, 0.6) is 5.75 Å². The zero-order valence-corrected chi connectivity index (χ0v) is 21.9. The summed E-state index contributed by atoms with van der Waals surface area (Å²) in [6.07, 6.45) is 4.52. The SMILES string of the molecule is Oc1cccc2ccc3c(c12)C(c1c2ccccc2c(-c2ccc(-c4ccccc4)cc2)c2ccccc12)C=C3. The zero-order chi connectivity index (χ0) is 26.6. The molecular formula is C39H26O. The maximum absolute atomic E-state index is 11.0. The van der Waals surface area contributed by atoms with Gasteiger partial charge in [0.25, 0.3) is 0 Å². The Balaban J connectivity index is 1.40. The van der Waals surface area contributed by atoms with E-state index in [0.717, 1.165) is 10.8 Å². The van der Waals surface area contributed by atoms with Crippen LogP contribution < -0.4 is 0 Å². The predicted octanol–water partition coefficient (Wildman–Crippen LogP) is 10.3. The van der Waals surface area contributed by atoms with Gasteiger partial charge < -0.3 is 5.11 Å². The van der Waals surface area contributed by atoms with Crippen molar-refractivity contribution in [2.45, 2.75) is 5.92 Å². The Hall–Kier alpha value is -5.14. The van der Waals surface area contributed by atoms with Gasteiger partial charge in [0.1, 0.15) is 5.75 Å². The van der Waals surface area contributed by atoms with E-state index in [1.807, 2.05) is 6.07 Å². The number of fused-ring (bicyclic) bond motifs is 5. The van der Waals surface area contributed by atoms with Gasteiger partial charge in [0.15, 0.2) is 0 Å². The third kappa shape index (κ3) is 3.41. The minimum Gasteiger partial charge on any atom is -0.507 e.